The number of para-hydroxylation sites is 2. The van der Waals surface area contributed by atoms with Crippen molar-refractivity contribution >= 4 is 22.3 Å². The third-order valence-electron chi connectivity index (χ3n) is 5.77. The van der Waals surface area contributed by atoms with E-state index in [9.17, 15) is 9.59 Å². The monoisotopic (exact) mass is 443 g/mol. The molecule has 0 N–H and O–H groups in total. The molecule has 0 saturated heterocycles. The SMILES string of the molecule is O=C1c2cccnc2C(=O)c2c1c(Oc1ccccc1)c1ccccc1c2Oc1ccccc1. The van der Waals surface area contributed by atoms with E-state index in [2.05, 4.69) is 4.98 Å². The van der Waals surface area contributed by atoms with Crippen LogP contribution in [-0.4, -0.2) is 16.6 Å². The van der Waals surface area contributed by atoms with Crippen LogP contribution >= 0.6 is 0 Å². The highest BCUT2D eigenvalue weighted by molar-refractivity contribution is 6.32. The Hall–Kier alpha value is -4.77. The predicted octanol–water partition coefficient (Wildman–Crippen LogP) is 6.59. The van der Waals surface area contributed by atoms with Gasteiger partial charge in [0.25, 0.3) is 0 Å². The molecule has 1 aliphatic carbocycles. The third kappa shape index (κ3) is 3.14. The zero-order valence-electron chi connectivity index (χ0n) is 17.9. The van der Waals surface area contributed by atoms with Crippen molar-refractivity contribution in [3.8, 4) is 23.0 Å². The summed E-state index contributed by atoms with van der Waals surface area (Å²) < 4.78 is 12.6. The molecule has 1 heterocycles. The van der Waals surface area contributed by atoms with Crippen LogP contribution in [0.3, 0.4) is 0 Å². The molecule has 0 spiro atoms. The smallest absolute Gasteiger partial charge is 0.216 e. The normalized spacial score (nSPS) is 12.2. The fourth-order valence-electron chi connectivity index (χ4n) is 4.26. The molecular formula is C29H17NO4. The molecule has 5 nitrogen and oxygen atoms in total. The van der Waals surface area contributed by atoms with Crippen molar-refractivity contribution in [3.63, 3.8) is 0 Å². The van der Waals surface area contributed by atoms with Crippen LogP contribution in [0.25, 0.3) is 10.8 Å². The Balaban J connectivity index is 1.69. The molecule has 0 bridgehead atoms. The summed E-state index contributed by atoms with van der Waals surface area (Å²) in [5.74, 6) is 1.05. The highest BCUT2D eigenvalue weighted by Gasteiger charge is 2.38. The number of aromatic nitrogens is 1. The van der Waals surface area contributed by atoms with E-state index in [1.54, 1.807) is 36.4 Å². The summed E-state index contributed by atoms with van der Waals surface area (Å²) in [5.41, 5.74) is 0.696. The Morgan fingerprint density at radius 3 is 1.59 bits per heavy atom. The number of rotatable bonds is 4. The molecule has 162 valence electrons. The first-order valence-corrected chi connectivity index (χ1v) is 10.8. The van der Waals surface area contributed by atoms with Crippen LogP contribution in [-0.2, 0) is 0 Å². The fraction of sp³-hybridized carbons (Fsp3) is 0. The van der Waals surface area contributed by atoms with Gasteiger partial charge in [-0.05, 0) is 36.4 Å². The average molecular weight is 443 g/mol. The van der Waals surface area contributed by atoms with E-state index >= 15 is 0 Å². The number of carbonyl (C=O) groups is 2. The quantitative estimate of drug-likeness (QED) is 0.307. The highest BCUT2D eigenvalue weighted by atomic mass is 16.5. The fourth-order valence-corrected chi connectivity index (χ4v) is 4.26. The molecule has 34 heavy (non-hydrogen) atoms. The zero-order valence-corrected chi connectivity index (χ0v) is 17.9. The van der Waals surface area contributed by atoms with Crippen LogP contribution in [0.1, 0.15) is 32.0 Å². The minimum atomic E-state index is -0.375. The third-order valence-corrected chi connectivity index (χ3v) is 5.77. The molecule has 1 aliphatic rings. The van der Waals surface area contributed by atoms with Gasteiger partial charge in [0.15, 0.2) is 5.78 Å². The zero-order chi connectivity index (χ0) is 23.1. The van der Waals surface area contributed by atoms with Gasteiger partial charge in [0.1, 0.15) is 28.7 Å². The molecular weight excluding hydrogens is 426 g/mol. The number of benzene rings is 4. The van der Waals surface area contributed by atoms with Gasteiger partial charge in [-0.1, -0.05) is 60.7 Å². The van der Waals surface area contributed by atoms with Gasteiger partial charge in [-0.15, -0.1) is 0 Å². The van der Waals surface area contributed by atoms with E-state index in [1.807, 2.05) is 60.7 Å². The van der Waals surface area contributed by atoms with Gasteiger partial charge in [-0.25, -0.2) is 0 Å². The summed E-state index contributed by atoms with van der Waals surface area (Å²) in [6, 6.07) is 29.1. The first kappa shape index (κ1) is 19.9. The van der Waals surface area contributed by atoms with Crippen LogP contribution in [0.5, 0.6) is 23.0 Å². The molecule has 0 aliphatic heterocycles. The number of pyridine rings is 1. The molecule has 0 radical (unpaired) electrons. The van der Waals surface area contributed by atoms with E-state index in [1.165, 1.54) is 6.20 Å². The van der Waals surface area contributed by atoms with E-state index in [-0.39, 0.29) is 34.0 Å². The minimum Gasteiger partial charge on any atom is -0.456 e. The maximum absolute atomic E-state index is 13.8. The molecule has 0 amide bonds. The summed E-state index contributed by atoms with van der Waals surface area (Å²) in [7, 11) is 0. The Morgan fingerprint density at radius 2 is 1.03 bits per heavy atom. The van der Waals surface area contributed by atoms with Crippen molar-refractivity contribution in [2.75, 3.05) is 0 Å². The number of fused-ring (bicyclic) bond motifs is 3. The highest BCUT2D eigenvalue weighted by Crippen LogP contribution is 2.47. The second-order valence-corrected chi connectivity index (χ2v) is 7.84. The van der Waals surface area contributed by atoms with Gasteiger partial charge in [0, 0.05) is 17.0 Å². The molecule has 0 saturated carbocycles. The van der Waals surface area contributed by atoms with Gasteiger partial charge in [-0.3, -0.25) is 14.6 Å². The second-order valence-electron chi connectivity index (χ2n) is 7.84. The van der Waals surface area contributed by atoms with Crippen molar-refractivity contribution in [1.29, 1.82) is 0 Å². The topological polar surface area (TPSA) is 65.5 Å². The largest absolute Gasteiger partial charge is 0.456 e. The summed E-state index contributed by atoms with van der Waals surface area (Å²) >= 11 is 0. The lowest BCUT2D eigenvalue weighted by molar-refractivity contribution is 0.0971. The number of hydrogen-bond donors (Lipinski definition) is 0. The summed E-state index contributed by atoms with van der Waals surface area (Å²) in [4.78, 5) is 31.8. The number of carbonyl (C=O) groups excluding carboxylic acids is 2. The predicted molar refractivity (Wildman–Crippen MR) is 128 cm³/mol. The van der Waals surface area contributed by atoms with E-state index in [0.717, 1.165) is 0 Å². The number of ketones is 2. The summed E-state index contributed by atoms with van der Waals surface area (Å²) in [6.45, 7) is 0. The standard InChI is InChI=1S/C29H17NO4/c31-26-22-16-9-17-30-25(22)27(32)24-23(26)28(33-18-10-3-1-4-11-18)20-14-7-8-15-21(20)29(24)34-19-12-5-2-6-13-19/h1-17H. The first-order chi connectivity index (χ1) is 16.7. The van der Waals surface area contributed by atoms with Crippen LogP contribution in [0, 0.1) is 0 Å². The van der Waals surface area contributed by atoms with Gasteiger partial charge in [-0.2, -0.15) is 0 Å². The maximum Gasteiger partial charge on any atom is 0.216 e. The van der Waals surface area contributed by atoms with E-state index in [4.69, 9.17) is 9.47 Å². The molecule has 4 aromatic carbocycles. The van der Waals surface area contributed by atoms with Gasteiger partial charge < -0.3 is 9.47 Å². The van der Waals surface area contributed by atoms with Gasteiger partial charge in [0.2, 0.25) is 5.78 Å². The molecule has 1 aromatic heterocycles. The molecule has 0 fully saturated rings. The Bertz CT molecular complexity index is 1460. The van der Waals surface area contributed by atoms with Crippen molar-refractivity contribution in [1.82, 2.24) is 4.98 Å². The Kier molecular flexibility index (Phi) is 4.66. The van der Waals surface area contributed by atoms with Crippen molar-refractivity contribution in [3.05, 3.63) is 126 Å². The van der Waals surface area contributed by atoms with Gasteiger partial charge >= 0.3 is 0 Å². The van der Waals surface area contributed by atoms with Crippen LogP contribution < -0.4 is 9.47 Å². The number of nitrogens with zero attached hydrogens (tertiary/aromatic N) is 1. The lowest BCUT2D eigenvalue weighted by atomic mass is 9.83. The number of ether oxygens (including phenoxy) is 2. The minimum absolute atomic E-state index is 0.110. The molecule has 5 aromatic rings. The maximum atomic E-state index is 13.8. The van der Waals surface area contributed by atoms with Gasteiger partial charge in [0.05, 0.1) is 16.7 Å². The van der Waals surface area contributed by atoms with E-state index < -0.39 is 0 Å². The van der Waals surface area contributed by atoms with Crippen LogP contribution in [0.15, 0.2) is 103 Å². The Morgan fingerprint density at radius 1 is 0.529 bits per heavy atom. The number of hydrogen-bond acceptors (Lipinski definition) is 5. The molecule has 5 heteroatoms. The van der Waals surface area contributed by atoms with Crippen molar-refractivity contribution < 1.29 is 19.1 Å². The lowest BCUT2D eigenvalue weighted by Gasteiger charge is -2.24. The first-order valence-electron chi connectivity index (χ1n) is 10.8. The van der Waals surface area contributed by atoms with Crippen molar-refractivity contribution in [2.24, 2.45) is 0 Å². The lowest BCUT2D eigenvalue weighted by Crippen LogP contribution is -2.24. The second kappa shape index (κ2) is 7.98. The summed E-state index contributed by atoms with van der Waals surface area (Å²) in [6.07, 6.45) is 1.51. The van der Waals surface area contributed by atoms with Crippen molar-refractivity contribution in [2.45, 2.75) is 0 Å². The Labute approximate surface area is 195 Å². The molecule has 0 atom stereocenters. The average Bonchev–Trinajstić information content (AvgIpc) is 2.89. The van der Waals surface area contributed by atoms with Crippen LogP contribution in [0.2, 0.25) is 0 Å². The molecule has 6 rings (SSSR count). The summed E-state index contributed by atoms with van der Waals surface area (Å²) in [5, 5.41) is 1.33. The molecule has 0 unspecified atom stereocenters. The van der Waals surface area contributed by atoms with Crippen LogP contribution in [0.4, 0.5) is 0 Å². The van der Waals surface area contributed by atoms with E-state index in [0.29, 0.717) is 33.8 Å².